The summed E-state index contributed by atoms with van der Waals surface area (Å²) in [6, 6.07) is 8.10. The Kier molecular flexibility index (Phi) is 5.51. The molecule has 1 saturated carbocycles. The third-order valence-electron chi connectivity index (χ3n) is 5.17. The maximum Gasteiger partial charge on any atom is 0.417 e. The van der Waals surface area contributed by atoms with Gasteiger partial charge in [0.1, 0.15) is 11.5 Å². The Morgan fingerprint density at radius 3 is 2.25 bits per heavy atom. The second kappa shape index (κ2) is 7.71. The van der Waals surface area contributed by atoms with Crippen LogP contribution < -0.4 is 0 Å². The molecule has 2 aromatic rings. The third-order valence-corrected chi connectivity index (χ3v) is 5.17. The van der Waals surface area contributed by atoms with Gasteiger partial charge in [0.25, 0.3) is 5.91 Å². The van der Waals surface area contributed by atoms with Gasteiger partial charge < -0.3 is 10.2 Å². The summed E-state index contributed by atoms with van der Waals surface area (Å²) in [5.74, 6) is -1.18. The van der Waals surface area contributed by atoms with Crippen molar-refractivity contribution in [2.24, 2.45) is 0 Å². The minimum Gasteiger partial charge on any atom is -0.508 e. The van der Waals surface area contributed by atoms with Crippen LogP contribution in [0.1, 0.15) is 53.1 Å². The molecule has 0 aliphatic heterocycles. The standard InChI is InChI=1S/C20H20F3NO4/c21-20(22,23)17-4-2-1-3-16(17)19(27)24(28)13-7-5-12(6-8-13)15-10-9-14(25)11-18(15)26/h1-4,9-13,25-26,28H,5-8H2. The van der Waals surface area contributed by atoms with Crippen LogP contribution in [-0.4, -0.2) is 32.4 Å². The summed E-state index contributed by atoms with van der Waals surface area (Å²) >= 11 is 0. The van der Waals surface area contributed by atoms with Crippen LogP contribution in [0.15, 0.2) is 42.5 Å². The van der Waals surface area contributed by atoms with Gasteiger partial charge in [0.2, 0.25) is 0 Å². The first-order valence-corrected chi connectivity index (χ1v) is 8.89. The van der Waals surface area contributed by atoms with Gasteiger partial charge in [-0.15, -0.1) is 0 Å². The molecule has 0 spiro atoms. The van der Waals surface area contributed by atoms with Gasteiger partial charge in [-0.1, -0.05) is 18.2 Å². The van der Waals surface area contributed by atoms with Gasteiger partial charge in [-0.05, 0) is 55.4 Å². The van der Waals surface area contributed by atoms with Crippen molar-refractivity contribution in [3.8, 4) is 11.5 Å². The number of amides is 1. The first-order valence-electron chi connectivity index (χ1n) is 8.89. The first kappa shape index (κ1) is 20.0. The first-order chi connectivity index (χ1) is 13.2. The summed E-state index contributed by atoms with van der Waals surface area (Å²) in [5, 5.41) is 30.0. The number of hydroxylamine groups is 2. The van der Waals surface area contributed by atoms with Gasteiger partial charge in [-0.2, -0.15) is 13.2 Å². The minimum absolute atomic E-state index is 0.0252. The number of phenolic OH excluding ortho intramolecular Hbond substituents is 2. The van der Waals surface area contributed by atoms with E-state index in [4.69, 9.17) is 0 Å². The number of hydrogen-bond donors (Lipinski definition) is 3. The molecule has 8 heteroatoms. The minimum atomic E-state index is -4.69. The van der Waals surface area contributed by atoms with Crippen molar-refractivity contribution in [1.82, 2.24) is 5.06 Å². The number of aromatic hydroxyl groups is 2. The molecule has 0 unspecified atom stereocenters. The molecule has 0 bridgehead atoms. The lowest BCUT2D eigenvalue weighted by molar-refractivity contribution is -0.139. The lowest BCUT2D eigenvalue weighted by Crippen LogP contribution is -2.40. The summed E-state index contributed by atoms with van der Waals surface area (Å²) in [4.78, 5) is 12.5. The van der Waals surface area contributed by atoms with E-state index in [1.807, 2.05) is 0 Å². The van der Waals surface area contributed by atoms with Crippen LogP contribution in [0.4, 0.5) is 13.2 Å². The van der Waals surface area contributed by atoms with Gasteiger partial charge in [0.15, 0.2) is 0 Å². The molecule has 0 aromatic heterocycles. The number of phenols is 2. The molecule has 1 aliphatic carbocycles. The SMILES string of the molecule is O=C(c1ccccc1C(F)(F)F)N(O)C1CCC(c2ccc(O)cc2O)CC1. The molecular formula is C20H20F3NO4. The Labute approximate surface area is 159 Å². The highest BCUT2D eigenvalue weighted by molar-refractivity contribution is 5.95. The highest BCUT2D eigenvalue weighted by atomic mass is 19.4. The number of benzene rings is 2. The number of carbonyl (C=O) groups is 1. The van der Waals surface area contributed by atoms with E-state index in [2.05, 4.69) is 0 Å². The lowest BCUT2D eigenvalue weighted by atomic mass is 9.81. The Morgan fingerprint density at radius 2 is 1.64 bits per heavy atom. The Bertz CT molecular complexity index is 861. The molecule has 0 atom stereocenters. The lowest BCUT2D eigenvalue weighted by Gasteiger charge is -2.33. The van der Waals surface area contributed by atoms with Gasteiger partial charge in [-0.25, -0.2) is 5.06 Å². The molecule has 0 radical (unpaired) electrons. The van der Waals surface area contributed by atoms with Crippen molar-refractivity contribution in [2.75, 3.05) is 0 Å². The largest absolute Gasteiger partial charge is 0.508 e. The maximum absolute atomic E-state index is 13.1. The van der Waals surface area contributed by atoms with Crippen LogP contribution in [0, 0.1) is 0 Å². The predicted octanol–water partition coefficient (Wildman–Crippen LogP) is 4.67. The van der Waals surface area contributed by atoms with E-state index >= 15 is 0 Å². The smallest absolute Gasteiger partial charge is 0.417 e. The van der Waals surface area contributed by atoms with Crippen molar-refractivity contribution in [3.05, 3.63) is 59.2 Å². The normalized spacial score (nSPS) is 20.0. The second-order valence-electron chi connectivity index (χ2n) is 6.94. The molecule has 3 N–H and O–H groups in total. The van der Waals surface area contributed by atoms with Crippen molar-refractivity contribution >= 4 is 5.91 Å². The third kappa shape index (κ3) is 4.06. The van der Waals surface area contributed by atoms with E-state index in [0.29, 0.717) is 36.3 Å². The highest BCUT2D eigenvalue weighted by Gasteiger charge is 2.37. The molecule has 3 rings (SSSR count). The Hall–Kier alpha value is -2.74. The molecule has 1 fully saturated rings. The number of hydrogen-bond acceptors (Lipinski definition) is 4. The maximum atomic E-state index is 13.1. The van der Waals surface area contributed by atoms with Crippen LogP contribution in [0.3, 0.4) is 0 Å². The molecule has 5 nitrogen and oxygen atoms in total. The van der Waals surface area contributed by atoms with E-state index in [9.17, 15) is 33.4 Å². The number of rotatable bonds is 3. The van der Waals surface area contributed by atoms with Crippen molar-refractivity contribution < 1.29 is 33.4 Å². The van der Waals surface area contributed by atoms with Gasteiger partial charge in [0.05, 0.1) is 17.2 Å². The molecule has 0 heterocycles. The molecular weight excluding hydrogens is 375 g/mol. The summed E-state index contributed by atoms with van der Waals surface area (Å²) < 4.78 is 39.4. The molecule has 2 aromatic carbocycles. The van der Waals surface area contributed by atoms with Gasteiger partial charge >= 0.3 is 6.18 Å². The zero-order valence-electron chi connectivity index (χ0n) is 14.9. The van der Waals surface area contributed by atoms with Crippen molar-refractivity contribution in [2.45, 2.75) is 43.8 Å². The topological polar surface area (TPSA) is 81.0 Å². The van der Waals surface area contributed by atoms with Crippen molar-refractivity contribution in [1.29, 1.82) is 0 Å². The summed E-state index contributed by atoms with van der Waals surface area (Å²) in [6.45, 7) is 0. The average molecular weight is 395 g/mol. The van der Waals surface area contributed by atoms with E-state index < -0.39 is 29.3 Å². The highest BCUT2D eigenvalue weighted by Crippen LogP contribution is 2.40. The molecule has 0 saturated heterocycles. The van der Waals surface area contributed by atoms with Gasteiger partial charge in [-0.3, -0.25) is 10.0 Å². The van der Waals surface area contributed by atoms with Gasteiger partial charge in [0, 0.05) is 6.07 Å². The number of carbonyl (C=O) groups excluding carboxylic acids is 1. The second-order valence-corrected chi connectivity index (χ2v) is 6.94. The fourth-order valence-corrected chi connectivity index (χ4v) is 3.71. The summed E-state index contributed by atoms with van der Waals surface area (Å²) in [7, 11) is 0. The molecule has 150 valence electrons. The number of nitrogens with zero attached hydrogens (tertiary/aromatic N) is 1. The summed E-state index contributed by atoms with van der Waals surface area (Å²) in [5.41, 5.74) is -1.01. The zero-order chi connectivity index (χ0) is 20.5. The number of alkyl halides is 3. The average Bonchev–Trinajstić information content (AvgIpc) is 2.66. The fraction of sp³-hybridized carbons (Fsp3) is 0.350. The van der Waals surface area contributed by atoms with Crippen molar-refractivity contribution in [3.63, 3.8) is 0 Å². The quantitative estimate of drug-likeness (QED) is 0.521. The van der Waals surface area contributed by atoms with E-state index in [1.54, 1.807) is 6.07 Å². The van der Waals surface area contributed by atoms with E-state index in [1.165, 1.54) is 24.3 Å². The molecule has 28 heavy (non-hydrogen) atoms. The fourth-order valence-electron chi connectivity index (χ4n) is 3.71. The molecule has 1 amide bonds. The predicted molar refractivity (Wildman–Crippen MR) is 94.2 cm³/mol. The van der Waals surface area contributed by atoms with Crippen LogP contribution in [0.25, 0.3) is 0 Å². The Morgan fingerprint density at radius 1 is 1.00 bits per heavy atom. The van der Waals surface area contributed by atoms with Crippen LogP contribution in [-0.2, 0) is 6.18 Å². The monoisotopic (exact) mass is 395 g/mol. The van der Waals surface area contributed by atoms with Crippen LogP contribution in [0.5, 0.6) is 11.5 Å². The van der Waals surface area contributed by atoms with E-state index in [0.717, 1.165) is 12.1 Å². The summed E-state index contributed by atoms with van der Waals surface area (Å²) in [6.07, 6.45) is -2.87. The molecule has 1 aliphatic rings. The van der Waals surface area contributed by atoms with E-state index in [-0.39, 0.29) is 17.4 Å². The van der Waals surface area contributed by atoms with Crippen LogP contribution in [0.2, 0.25) is 0 Å². The Balaban J connectivity index is 1.70. The van der Waals surface area contributed by atoms with Crippen LogP contribution >= 0.6 is 0 Å². The zero-order valence-corrected chi connectivity index (χ0v) is 14.9. The number of halogens is 3.